The molecule has 0 radical (unpaired) electrons. The SMILES string of the molecule is CC1(NS(=O)(=O)c2cc(Br)ccc2N)CCC1. The smallest absolute Gasteiger partial charge is 0.243 e. The molecular weight excluding hydrogens is 304 g/mol. The average Bonchev–Trinajstić information content (AvgIpc) is 2.18. The number of anilines is 1. The van der Waals surface area contributed by atoms with E-state index in [0.29, 0.717) is 4.47 Å². The van der Waals surface area contributed by atoms with Crippen LogP contribution in [0.25, 0.3) is 0 Å². The fraction of sp³-hybridized carbons (Fsp3) is 0.455. The van der Waals surface area contributed by atoms with Crippen molar-refractivity contribution in [3.05, 3.63) is 22.7 Å². The van der Waals surface area contributed by atoms with Crippen molar-refractivity contribution in [2.45, 2.75) is 36.6 Å². The van der Waals surface area contributed by atoms with Gasteiger partial charge in [-0.05, 0) is 44.4 Å². The molecular formula is C11H15BrN2O2S. The van der Waals surface area contributed by atoms with Gasteiger partial charge in [0.25, 0.3) is 0 Å². The van der Waals surface area contributed by atoms with Gasteiger partial charge in [-0.2, -0.15) is 0 Å². The molecule has 1 saturated carbocycles. The van der Waals surface area contributed by atoms with Gasteiger partial charge in [0.1, 0.15) is 4.90 Å². The van der Waals surface area contributed by atoms with Gasteiger partial charge >= 0.3 is 0 Å². The van der Waals surface area contributed by atoms with E-state index in [2.05, 4.69) is 20.7 Å². The molecule has 2 rings (SSSR count). The van der Waals surface area contributed by atoms with E-state index in [4.69, 9.17) is 5.73 Å². The largest absolute Gasteiger partial charge is 0.398 e. The van der Waals surface area contributed by atoms with Crippen molar-refractivity contribution in [1.29, 1.82) is 0 Å². The summed E-state index contributed by atoms with van der Waals surface area (Å²) < 4.78 is 27.8. The molecule has 1 aromatic rings. The van der Waals surface area contributed by atoms with E-state index in [0.717, 1.165) is 19.3 Å². The maximum absolute atomic E-state index is 12.2. The Morgan fingerprint density at radius 2 is 2.06 bits per heavy atom. The third kappa shape index (κ3) is 2.64. The lowest BCUT2D eigenvalue weighted by Gasteiger charge is -2.38. The summed E-state index contributed by atoms with van der Waals surface area (Å²) in [6.45, 7) is 1.92. The number of sulfonamides is 1. The molecule has 1 aliphatic carbocycles. The van der Waals surface area contributed by atoms with Gasteiger partial charge in [-0.25, -0.2) is 13.1 Å². The quantitative estimate of drug-likeness (QED) is 0.840. The number of nitrogens with one attached hydrogen (secondary N) is 1. The average molecular weight is 319 g/mol. The van der Waals surface area contributed by atoms with Crippen LogP contribution >= 0.6 is 15.9 Å². The van der Waals surface area contributed by atoms with Gasteiger partial charge in [0.2, 0.25) is 10.0 Å². The molecule has 0 amide bonds. The molecule has 0 spiro atoms. The van der Waals surface area contributed by atoms with Gasteiger partial charge in [0.15, 0.2) is 0 Å². The minimum atomic E-state index is -3.54. The highest BCUT2D eigenvalue weighted by atomic mass is 79.9. The molecule has 1 aromatic carbocycles. The predicted octanol–water partition coefficient (Wildman–Crippen LogP) is 2.25. The van der Waals surface area contributed by atoms with E-state index in [1.54, 1.807) is 12.1 Å². The highest BCUT2D eigenvalue weighted by Gasteiger charge is 2.36. The van der Waals surface area contributed by atoms with Crippen LogP contribution < -0.4 is 10.5 Å². The highest BCUT2D eigenvalue weighted by molar-refractivity contribution is 9.10. The molecule has 0 atom stereocenters. The van der Waals surface area contributed by atoms with Crippen LogP contribution in [0.5, 0.6) is 0 Å². The Labute approximate surface area is 110 Å². The number of hydrogen-bond donors (Lipinski definition) is 2. The van der Waals surface area contributed by atoms with E-state index in [1.165, 1.54) is 6.07 Å². The summed E-state index contributed by atoms with van der Waals surface area (Å²) in [6, 6.07) is 4.83. The monoisotopic (exact) mass is 318 g/mol. The Morgan fingerprint density at radius 1 is 1.41 bits per heavy atom. The molecule has 0 heterocycles. The third-order valence-corrected chi connectivity index (χ3v) is 5.29. The molecule has 4 nitrogen and oxygen atoms in total. The number of nitrogen functional groups attached to an aromatic ring is 1. The van der Waals surface area contributed by atoms with E-state index >= 15 is 0 Å². The topological polar surface area (TPSA) is 72.2 Å². The first-order valence-electron chi connectivity index (χ1n) is 5.41. The van der Waals surface area contributed by atoms with E-state index < -0.39 is 10.0 Å². The summed E-state index contributed by atoms with van der Waals surface area (Å²) in [5.41, 5.74) is 5.67. The summed E-state index contributed by atoms with van der Waals surface area (Å²) in [5, 5.41) is 0. The van der Waals surface area contributed by atoms with Crippen molar-refractivity contribution in [1.82, 2.24) is 4.72 Å². The molecule has 94 valence electrons. The molecule has 0 aromatic heterocycles. The van der Waals surface area contributed by atoms with Gasteiger partial charge in [0.05, 0.1) is 5.69 Å². The summed E-state index contributed by atoms with van der Waals surface area (Å²) in [7, 11) is -3.54. The van der Waals surface area contributed by atoms with Crippen molar-refractivity contribution in [3.8, 4) is 0 Å². The Morgan fingerprint density at radius 3 is 2.59 bits per heavy atom. The minimum Gasteiger partial charge on any atom is -0.398 e. The van der Waals surface area contributed by atoms with Crippen LogP contribution in [0.1, 0.15) is 26.2 Å². The molecule has 3 N–H and O–H groups in total. The van der Waals surface area contributed by atoms with Crippen LogP contribution in [0.4, 0.5) is 5.69 Å². The lowest BCUT2D eigenvalue weighted by Crippen LogP contribution is -2.50. The Bertz CT molecular complexity index is 538. The lowest BCUT2D eigenvalue weighted by molar-refractivity contribution is 0.248. The van der Waals surface area contributed by atoms with Crippen molar-refractivity contribution in [2.24, 2.45) is 0 Å². The van der Waals surface area contributed by atoms with E-state index in [9.17, 15) is 8.42 Å². The van der Waals surface area contributed by atoms with Crippen molar-refractivity contribution < 1.29 is 8.42 Å². The van der Waals surface area contributed by atoms with Crippen LogP contribution in [-0.2, 0) is 10.0 Å². The van der Waals surface area contributed by atoms with Crippen LogP contribution in [0, 0.1) is 0 Å². The number of hydrogen-bond acceptors (Lipinski definition) is 3. The minimum absolute atomic E-state index is 0.139. The fourth-order valence-corrected chi connectivity index (χ4v) is 4.07. The van der Waals surface area contributed by atoms with E-state index in [1.807, 2.05) is 6.92 Å². The van der Waals surface area contributed by atoms with Gasteiger partial charge in [-0.1, -0.05) is 15.9 Å². The second-order valence-corrected chi connectivity index (χ2v) is 7.27. The molecule has 1 aliphatic rings. The zero-order valence-corrected chi connectivity index (χ0v) is 11.9. The maximum atomic E-state index is 12.2. The second-order valence-electron chi connectivity index (χ2n) is 4.70. The van der Waals surface area contributed by atoms with Crippen LogP contribution in [0.15, 0.2) is 27.6 Å². The molecule has 0 saturated heterocycles. The van der Waals surface area contributed by atoms with Gasteiger partial charge in [-0.15, -0.1) is 0 Å². The normalized spacial score (nSPS) is 18.7. The number of halogens is 1. The van der Waals surface area contributed by atoms with Crippen LogP contribution in [-0.4, -0.2) is 14.0 Å². The summed E-state index contributed by atoms with van der Waals surface area (Å²) in [5.74, 6) is 0. The molecule has 1 fully saturated rings. The molecule has 6 heteroatoms. The lowest BCUT2D eigenvalue weighted by atomic mass is 9.80. The summed E-state index contributed by atoms with van der Waals surface area (Å²) >= 11 is 3.25. The van der Waals surface area contributed by atoms with E-state index in [-0.39, 0.29) is 16.1 Å². The number of benzene rings is 1. The van der Waals surface area contributed by atoms with Crippen molar-refractivity contribution in [2.75, 3.05) is 5.73 Å². The highest BCUT2D eigenvalue weighted by Crippen LogP contribution is 2.33. The van der Waals surface area contributed by atoms with Crippen molar-refractivity contribution >= 4 is 31.6 Å². The summed E-state index contributed by atoms with van der Waals surface area (Å²) in [6.07, 6.45) is 2.81. The van der Waals surface area contributed by atoms with Gasteiger partial charge in [0, 0.05) is 10.0 Å². The van der Waals surface area contributed by atoms with Gasteiger partial charge in [-0.3, -0.25) is 0 Å². The molecule has 0 bridgehead atoms. The van der Waals surface area contributed by atoms with Crippen LogP contribution in [0.2, 0.25) is 0 Å². The zero-order valence-electron chi connectivity index (χ0n) is 9.53. The fourth-order valence-electron chi connectivity index (χ4n) is 1.93. The first-order chi connectivity index (χ1) is 7.82. The molecule has 17 heavy (non-hydrogen) atoms. The molecule has 0 aliphatic heterocycles. The summed E-state index contributed by atoms with van der Waals surface area (Å²) in [4.78, 5) is 0.139. The first-order valence-corrected chi connectivity index (χ1v) is 7.69. The van der Waals surface area contributed by atoms with Crippen molar-refractivity contribution in [3.63, 3.8) is 0 Å². The second kappa shape index (κ2) is 4.26. The maximum Gasteiger partial charge on any atom is 0.243 e. The predicted molar refractivity (Wildman–Crippen MR) is 71.1 cm³/mol. The van der Waals surface area contributed by atoms with Gasteiger partial charge < -0.3 is 5.73 Å². The number of rotatable bonds is 3. The number of nitrogens with two attached hydrogens (primary N) is 1. The van der Waals surface area contributed by atoms with Crippen LogP contribution in [0.3, 0.4) is 0 Å². The standard InChI is InChI=1S/C11H15BrN2O2S/c1-11(5-2-6-11)14-17(15,16)10-7-8(12)3-4-9(10)13/h3-4,7,14H,2,5-6,13H2,1H3. The molecule has 0 unspecified atom stereocenters. The Hall–Kier alpha value is -0.590. The Kier molecular flexibility index (Phi) is 3.22. The first kappa shape index (κ1) is 12.9. The third-order valence-electron chi connectivity index (χ3n) is 3.10. The zero-order chi connectivity index (χ0) is 12.7. The Balaban J connectivity index is 2.34.